The summed E-state index contributed by atoms with van der Waals surface area (Å²) in [4.78, 5) is 25.7. The van der Waals surface area contributed by atoms with Crippen LogP contribution in [0.2, 0.25) is 0 Å². The molecule has 0 aromatic heterocycles. The van der Waals surface area contributed by atoms with E-state index in [1.807, 2.05) is 6.07 Å². The molecule has 0 bridgehead atoms. The molecule has 2 amide bonds. The molecule has 1 aliphatic rings. The number of rotatable bonds is 6. The summed E-state index contributed by atoms with van der Waals surface area (Å²) in [5.41, 5.74) is 1.19. The van der Waals surface area contributed by atoms with Crippen molar-refractivity contribution in [1.82, 2.24) is 10.6 Å². The second-order valence-electron chi connectivity index (χ2n) is 7.12. The molecule has 154 valence electrons. The van der Waals surface area contributed by atoms with E-state index in [1.54, 1.807) is 36.4 Å². The fourth-order valence-electron chi connectivity index (χ4n) is 3.38. The number of carbonyl (C=O) groups excluding carboxylic acids is 2. The van der Waals surface area contributed by atoms with Crippen molar-refractivity contribution in [3.8, 4) is 11.5 Å². The van der Waals surface area contributed by atoms with E-state index in [2.05, 4.69) is 22.9 Å². The molecule has 7 nitrogen and oxygen atoms in total. The molecular formula is C22H27N3O4. The predicted octanol–water partition coefficient (Wildman–Crippen LogP) is 2.68. The Kier molecular flexibility index (Phi) is 6.72. The number of anilines is 1. The van der Waals surface area contributed by atoms with Crippen molar-refractivity contribution in [2.24, 2.45) is 5.92 Å². The summed E-state index contributed by atoms with van der Waals surface area (Å²) in [5, 5.41) is 9.21. The molecule has 2 unspecified atom stereocenters. The molecule has 1 fully saturated rings. The summed E-state index contributed by atoms with van der Waals surface area (Å²) >= 11 is 0. The smallest absolute Gasteiger partial charge is 0.255 e. The molecule has 3 N–H and O–H groups in total. The van der Waals surface area contributed by atoms with E-state index in [9.17, 15) is 9.59 Å². The lowest BCUT2D eigenvalue weighted by Gasteiger charge is -2.30. The van der Waals surface area contributed by atoms with Gasteiger partial charge < -0.3 is 25.4 Å². The van der Waals surface area contributed by atoms with Crippen LogP contribution < -0.4 is 25.4 Å². The van der Waals surface area contributed by atoms with Crippen LogP contribution in [0.1, 0.15) is 34.1 Å². The summed E-state index contributed by atoms with van der Waals surface area (Å²) in [7, 11) is 3.02. The molecule has 2 aromatic carbocycles. The Morgan fingerprint density at radius 3 is 2.38 bits per heavy atom. The predicted molar refractivity (Wildman–Crippen MR) is 112 cm³/mol. The monoisotopic (exact) mass is 397 g/mol. The summed E-state index contributed by atoms with van der Waals surface area (Å²) in [6, 6.07) is 12.1. The number of hydrogen-bond donors (Lipinski definition) is 3. The molecule has 1 heterocycles. The molecule has 29 heavy (non-hydrogen) atoms. The van der Waals surface area contributed by atoms with Gasteiger partial charge in [0.25, 0.3) is 11.8 Å². The van der Waals surface area contributed by atoms with Gasteiger partial charge >= 0.3 is 0 Å². The van der Waals surface area contributed by atoms with Crippen LogP contribution in [0.15, 0.2) is 42.5 Å². The highest BCUT2D eigenvalue weighted by atomic mass is 16.5. The topological polar surface area (TPSA) is 88.7 Å². The van der Waals surface area contributed by atoms with Crippen LogP contribution in [-0.4, -0.2) is 45.2 Å². The molecule has 0 saturated carbocycles. The Balaban J connectivity index is 1.91. The zero-order chi connectivity index (χ0) is 20.8. The van der Waals surface area contributed by atoms with E-state index in [4.69, 9.17) is 9.47 Å². The highest BCUT2D eigenvalue weighted by Crippen LogP contribution is 2.34. The summed E-state index contributed by atoms with van der Waals surface area (Å²) in [6.45, 7) is 3.78. The minimum absolute atomic E-state index is 0.0158. The van der Waals surface area contributed by atoms with Crippen LogP contribution in [0, 0.1) is 5.92 Å². The first-order valence-electron chi connectivity index (χ1n) is 9.67. The lowest BCUT2D eigenvalue weighted by Crippen LogP contribution is -2.50. The quantitative estimate of drug-likeness (QED) is 0.697. The van der Waals surface area contributed by atoms with Gasteiger partial charge in [0.05, 0.1) is 25.5 Å². The largest absolute Gasteiger partial charge is 0.493 e. The van der Waals surface area contributed by atoms with E-state index in [0.29, 0.717) is 40.8 Å². The van der Waals surface area contributed by atoms with E-state index < -0.39 is 0 Å². The van der Waals surface area contributed by atoms with Gasteiger partial charge in [0.2, 0.25) is 0 Å². The van der Waals surface area contributed by atoms with Crippen LogP contribution in [0.3, 0.4) is 0 Å². The van der Waals surface area contributed by atoms with Crippen LogP contribution in [0.5, 0.6) is 11.5 Å². The van der Waals surface area contributed by atoms with E-state index in [1.165, 1.54) is 14.2 Å². The van der Waals surface area contributed by atoms with Gasteiger partial charge in [-0.2, -0.15) is 0 Å². The number of carbonyl (C=O) groups is 2. The molecule has 7 heteroatoms. The molecule has 0 spiro atoms. The minimum Gasteiger partial charge on any atom is -0.493 e. The first-order chi connectivity index (χ1) is 14.0. The Labute approximate surface area is 170 Å². The number of benzene rings is 2. The Hall–Kier alpha value is -3.06. The first-order valence-corrected chi connectivity index (χ1v) is 9.67. The Morgan fingerprint density at radius 1 is 1.03 bits per heavy atom. The normalized spacial score (nSPS) is 18.6. The molecule has 2 atom stereocenters. The zero-order valence-corrected chi connectivity index (χ0v) is 17.0. The first kappa shape index (κ1) is 20.7. The van der Waals surface area contributed by atoms with Crippen molar-refractivity contribution in [3.05, 3.63) is 53.6 Å². The van der Waals surface area contributed by atoms with Gasteiger partial charge in [-0.05, 0) is 37.1 Å². The molecule has 3 rings (SSSR count). The van der Waals surface area contributed by atoms with E-state index >= 15 is 0 Å². The van der Waals surface area contributed by atoms with Crippen molar-refractivity contribution in [3.63, 3.8) is 0 Å². The minimum atomic E-state index is -0.306. The highest BCUT2D eigenvalue weighted by molar-refractivity contribution is 6.09. The maximum absolute atomic E-state index is 13.1. The van der Waals surface area contributed by atoms with Crippen molar-refractivity contribution >= 4 is 17.5 Å². The molecule has 1 aliphatic heterocycles. The second-order valence-corrected chi connectivity index (χ2v) is 7.12. The van der Waals surface area contributed by atoms with E-state index in [-0.39, 0.29) is 17.9 Å². The Morgan fingerprint density at radius 2 is 1.72 bits per heavy atom. The maximum atomic E-state index is 13.1. The molecule has 1 saturated heterocycles. The number of methoxy groups -OCH3 is 2. The SMILES string of the molecule is COc1cc(NC(=O)c2ccccc2)c(C(=O)NC2CNCCC2C)cc1OC. The molecule has 0 aliphatic carbocycles. The van der Waals surface area contributed by atoms with Gasteiger partial charge in [0.1, 0.15) is 0 Å². The number of piperidine rings is 1. The highest BCUT2D eigenvalue weighted by Gasteiger charge is 2.25. The van der Waals surface area contributed by atoms with Crippen LogP contribution in [0.25, 0.3) is 0 Å². The summed E-state index contributed by atoms with van der Waals surface area (Å²) < 4.78 is 10.7. The number of ether oxygens (including phenoxy) is 2. The lowest BCUT2D eigenvalue weighted by atomic mass is 9.94. The number of amides is 2. The standard InChI is InChI=1S/C22H27N3O4/c1-14-9-10-23-13-18(14)25-22(27)16-11-19(28-2)20(29-3)12-17(16)24-21(26)15-7-5-4-6-8-15/h4-8,11-12,14,18,23H,9-10,13H2,1-3H3,(H,24,26)(H,25,27). The van der Waals surface area contributed by atoms with Gasteiger partial charge in [-0.3, -0.25) is 9.59 Å². The number of nitrogens with one attached hydrogen (secondary N) is 3. The van der Waals surface area contributed by atoms with Gasteiger partial charge in [0, 0.05) is 24.2 Å². The third-order valence-electron chi connectivity index (χ3n) is 5.20. The van der Waals surface area contributed by atoms with Crippen molar-refractivity contribution in [2.75, 3.05) is 32.6 Å². The van der Waals surface area contributed by atoms with Gasteiger partial charge in [-0.25, -0.2) is 0 Å². The van der Waals surface area contributed by atoms with E-state index in [0.717, 1.165) is 13.0 Å². The van der Waals surface area contributed by atoms with Crippen molar-refractivity contribution in [1.29, 1.82) is 0 Å². The lowest BCUT2D eigenvalue weighted by molar-refractivity contribution is 0.0915. The van der Waals surface area contributed by atoms with Crippen molar-refractivity contribution in [2.45, 2.75) is 19.4 Å². The number of hydrogen-bond acceptors (Lipinski definition) is 5. The second kappa shape index (κ2) is 9.43. The van der Waals surface area contributed by atoms with Crippen LogP contribution in [-0.2, 0) is 0 Å². The molecule has 0 radical (unpaired) electrons. The average Bonchev–Trinajstić information content (AvgIpc) is 2.75. The summed E-state index contributed by atoms with van der Waals surface area (Å²) in [5.74, 6) is 0.641. The molecular weight excluding hydrogens is 370 g/mol. The van der Waals surface area contributed by atoms with Crippen LogP contribution in [0.4, 0.5) is 5.69 Å². The third-order valence-corrected chi connectivity index (χ3v) is 5.20. The van der Waals surface area contributed by atoms with Crippen molar-refractivity contribution < 1.29 is 19.1 Å². The fraction of sp³-hybridized carbons (Fsp3) is 0.364. The van der Waals surface area contributed by atoms with Gasteiger partial charge in [0.15, 0.2) is 11.5 Å². The average molecular weight is 397 g/mol. The van der Waals surface area contributed by atoms with Gasteiger partial charge in [-0.1, -0.05) is 25.1 Å². The molecule has 2 aromatic rings. The fourth-order valence-corrected chi connectivity index (χ4v) is 3.38. The maximum Gasteiger partial charge on any atom is 0.255 e. The third kappa shape index (κ3) is 4.86. The summed E-state index contributed by atoms with van der Waals surface area (Å²) in [6.07, 6.45) is 0.995. The Bertz CT molecular complexity index is 870. The zero-order valence-electron chi connectivity index (χ0n) is 17.0. The van der Waals surface area contributed by atoms with Crippen LogP contribution >= 0.6 is 0 Å². The van der Waals surface area contributed by atoms with Gasteiger partial charge in [-0.15, -0.1) is 0 Å².